The largest absolute Gasteiger partial charge is 0.394 e. The molecule has 3 heterocycles. The van der Waals surface area contributed by atoms with E-state index in [0.29, 0.717) is 6.42 Å². The molecule has 12 N–H and O–H groups in total. The zero-order chi connectivity index (χ0) is 78.8. The average molecular weight is 1550 g/mol. The Morgan fingerprint density at radius 2 is 0.633 bits per heavy atom. The number of aliphatic hydroxyl groups excluding tert-OH is 11. The van der Waals surface area contributed by atoms with Crippen LogP contribution in [-0.2, 0) is 33.2 Å². The zero-order valence-electron chi connectivity index (χ0n) is 68.8. The van der Waals surface area contributed by atoms with E-state index in [4.69, 9.17) is 28.4 Å². The topological polar surface area (TPSA) is 307 Å². The molecule has 3 aliphatic rings. The van der Waals surface area contributed by atoms with Gasteiger partial charge in [-0.25, -0.2) is 0 Å². The SMILES string of the molecule is CC/C=C\C/C=C\C/C=C\C/C=C\CCCCCCCCCCCCCCCCCCCCC(=O)NC(COC1OC(CO)C(OC2OC(CO)C(OC3OC(CO)C(O)C(O)C3O)C(O)C2O)C(O)C1O)C(O)/C=C/CCCCCCCCCCCCCCCCCCCCCCCCCCCCCCCCC. The minimum absolute atomic E-state index is 0.244. The summed E-state index contributed by atoms with van der Waals surface area (Å²) in [6.45, 7) is 1.68. The van der Waals surface area contributed by atoms with E-state index >= 15 is 0 Å². The standard InChI is InChI=1S/C90H165NO18/c1-3-5-7-9-11-13-15-17-19-21-23-25-27-29-31-33-35-36-38-39-41-43-45-47-49-51-53-55-57-59-61-63-65-67-74(95)73(91-78(96)68-66-64-62-60-58-56-54-52-50-48-46-44-42-40-37-34-32-30-28-26-24-22-20-18-16-14-12-10-8-6-4-2)72-104-88-84(102)81(99)86(76(70-93)106-88)109-90-85(103)82(100)87(77(71-94)107-90)108-89-83(101)80(98)79(97)75(69-92)105-89/h6,8,12,14,18,20,24,26,65,67,73-77,79-90,92-95,97-103H,3-5,7,9-11,13,15-17,19,21-23,25,27-64,66,68-72H2,1-2H3,(H,91,96)/b8-6-,14-12-,20-18-,26-24-,67-65+. The summed E-state index contributed by atoms with van der Waals surface area (Å²) in [5.74, 6) is -0.270. The monoisotopic (exact) mass is 1550 g/mol. The second-order valence-corrected chi connectivity index (χ2v) is 32.0. The summed E-state index contributed by atoms with van der Waals surface area (Å²) in [7, 11) is 0. The number of amides is 1. The van der Waals surface area contributed by atoms with Gasteiger partial charge in [0.2, 0.25) is 5.91 Å². The van der Waals surface area contributed by atoms with E-state index in [1.165, 1.54) is 276 Å². The predicted molar refractivity (Wildman–Crippen MR) is 439 cm³/mol. The molecule has 0 aromatic carbocycles. The maximum Gasteiger partial charge on any atom is 0.220 e. The molecule has 0 aromatic heterocycles. The number of aliphatic hydroxyl groups is 11. The van der Waals surface area contributed by atoms with E-state index in [-0.39, 0.29) is 18.9 Å². The normalized spacial score (nSPS) is 25.5. The van der Waals surface area contributed by atoms with Crippen LogP contribution in [0.2, 0.25) is 0 Å². The van der Waals surface area contributed by atoms with Gasteiger partial charge in [0.1, 0.15) is 73.2 Å². The molecule has 1 amide bonds. The van der Waals surface area contributed by atoms with Gasteiger partial charge in [-0.3, -0.25) is 4.79 Å². The van der Waals surface area contributed by atoms with E-state index in [1.807, 2.05) is 6.08 Å². The van der Waals surface area contributed by atoms with Gasteiger partial charge in [-0.2, -0.15) is 0 Å². The first kappa shape index (κ1) is 101. The Kier molecular flexibility index (Phi) is 64.4. The lowest BCUT2D eigenvalue weighted by Gasteiger charge is -2.48. The number of carbonyl (C=O) groups excluding carboxylic acids is 1. The van der Waals surface area contributed by atoms with Crippen molar-refractivity contribution in [2.24, 2.45) is 0 Å². The van der Waals surface area contributed by atoms with Crippen LogP contribution in [0.15, 0.2) is 60.8 Å². The van der Waals surface area contributed by atoms with Crippen molar-refractivity contribution in [3.8, 4) is 0 Å². The fourth-order valence-corrected chi connectivity index (χ4v) is 15.2. The third kappa shape index (κ3) is 48.6. The van der Waals surface area contributed by atoms with Crippen LogP contribution < -0.4 is 5.32 Å². The van der Waals surface area contributed by atoms with Crippen LogP contribution in [0.4, 0.5) is 0 Å². The molecule has 17 atom stereocenters. The van der Waals surface area contributed by atoms with Crippen LogP contribution in [-0.4, -0.2) is 193 Å². The highest BCUT2D eigenvalue weighted by atomic mass is 16.8. The van der Waals surface area contributed by atoms with Gasteiger partial charge < -0.3 is 89.9 Å². The van der Waals surface area contributed by atoms with Gasteiger partial charge in [-0.1, -0.05) is 370 Å². The van der Waals surface area contributed by atoms with E-state index in [2.05, 4.69) is 67.8 Å². The molecule has 3 rings (SSSR count). The molecule has 19 nitrogen and oxygen atoms in total. The van der Waals surface area contributed by atoms with Crippen LogP contribution in [0.5, 0.6) is 0 Å². The lowest BCUT2D eigenvalue weighted by atomic mass is 9.96. The second kappa shape index (κ2) is 69.8. The highest BCUT2D eigenvalue weighted by Gasteiger charge is 2.54. The molecule has 0 spiro atoms. The van der Waals surface area contributed by atoms with Crippen LogP contribution in [0, 0.1) is 0 Å². The van der Waals surface area contributed by atoms with Gasteiger partial charge in [-0.05, 0) is 57.8 Å². The highest BCUT2D eigenvalue weighted by molar-refractivity contribution is 5.76. The van der Waals surface area contributed by atoms with Crippen LogP contribution in [0.25, 0.3) is 0 Å². The van der Waals surface area contributed by atoms with Crippen LogP contribution in [0.1, 0.15) is 373 Å². The van der Waals surface area contributed by atoms with Crippen molar-refractivity contribution in [3.05, 3.63) is 60.8 Å². The number of rotatable bonds is 73. The fraction of sp³-hybridized carbons (Fsp3) is 0.878. The van der Waals surface area contributed by atoms with E-state index in [1.54, 1.807) is 6.08 Å². The van der Waals surface area contributed by atoms with Crippen LogP contribution >= 0.6 is 0 Å². The third-order valence-corrected chi connectivity index (χ3v) is 22.3. The molecule has 0 aliphatic carbocycles. The number of unbranched alkanes of at least 4 members (excludes halogenated alkanes) is 49. The number of hydrogen-bond acceptors (Lipinski definition) is 18. The minimum atomic E-state index is -1.98. The van der Waals surface area contributed by atoms with E-state index in [0.717, 1.165) is 70.6 Å². The van der Waals surface area contributed by atoms with Crippen molar-refractivity contribution >= 4 is 5.91 Å². The molecular formula is C90H165NO18. The van der Waals surface area contributed by atoms with Crippen molar-refractivity contribution in [3.63, 3.8) is 0 Å². The van der Waals surface area contributed by atoms with Gasteiger partial charge >= 0.3 is 0 Å². The third-order valence-electron chi connectivity index (χ3n) is 22.3. The summed E-state index contributed by atoms with van der Waals surface area (Å²) < 4.78 is 34.5. The predicted octanol–water partition coefficient (Wildman–Crippen LogP) is 17.0. The molecule has 17 unspecified atom stereocenters. The molecule has 3 fully saturated rings. The number of nitrogens with one attached hydrogen (secondary N) is 1. The van der Waals surface area contributed by atoms with Gasteiger partial charge in [0.05, 0.1) is 38.6 Å². The molecule has 0 aromatic rings. The first-order valence-corrected chi connectivity index (χ1v) is 45.0. The molecule has 3 aliphatic heterocycles. The van der Waals surface area contributed by atoms with E-state index < -0.39 is 124 Å². The second-order valence-electron chi connectivity index (χ2n) is 32.0. The number of allylic oxidation sites excluding steroid dienone is 9. The summed E-state index contributed by atoms with van der Waals surface area (Å²) in [5.41, 5.74) is 0. The molecule has 109 heavy (non-hydrogen) atoms. The summed E-state index contributed by atoms with van der Waals surface area (Å²) in [5, 5.41) is 121. The van der Waals surface area contributed by atoms with Gasteiger partial charge in [0, 0.05) is 6.42 Å². The molecule has 638 valence electrons. The Morgan fingerprint density at radius 3 is 0.991 bits per heavy atom. The molecule has 0 bridgehead atoms. The lowest BCUT2D eigenvalue weighted by molar-refractivity contribution is -0.379. The number of carbonyl (C=O) groups is 1. The fourth-order valence-electron chi connectivity index (χ4n) is 15.2. The first-order chi connectivity index (χ1) is 53.3. The summed E-state index contributed by atoms with van der Waals surface area (Å²) >= 11 is 0. The smallest absolute Gasteiger partial charge is 0.220 e. The Bertz CT molecular complexity index is 2200. The molecule has 0 radical (unpaired) electrons. The molecule has 0 saturated carbocycles. The van der Waals surface area contributed by atoms with Crippen molar-refractivity contribution in [2.75, 3.05) is 26.4 Å². The number of ether oxygens (including phenoxy) is 6. The average Bonchev–Trinajstić information content (AvgIpc) is 0.782. The van der Waals surface area contributed by atoms with Crippen molar-refractivity contribution < 1.29 is 89.4 Å². The van der Waals surface area contributed by atoms with Gasteiger partial charge in [0.15, 0.2) is 18.9 Å². The highest BCUT2D eigenvalue weighted by Crippen LogP contribution is 2.34. The Hall–Kier alpha value is -2.51. The Morgan fingerprint density at radius 1 is 0.339 bits per heavy atom. The summed E-state index contributed by atoms with van der Waals surface area (Å²) in [4.78, 5) is 13.5. The van der Waals surface area contributed by atoms with Gasteiger partial charge in [0.25, 0.3) is 0 Å². The first-order valence-electron chi connectivity index (χ1n) is 45.0. The van der Waals surface area contributed by atoms with Crippen molar-refractivity contribution in [1.29, 1.82) is 0 Å². The summed E-state index contributed by atoms with van der Waals surface area (Å²) in [6.07, 6.45) is 65.1. The molecular weight excluding hydrogens is 1380 g/mol. The lowest BCUT2D eigenvalue weighted by Crippen LogP contribution is -2.66. The van der Waals surface area contributed by atoms with Crippen LogP contribution in [0.3, 0.4) is 0 Å². The minimum Gasteiger partial charge on any atom is -0.394 e. The maximum atomic E-state index is 13.5. The van der Waals surface area contributed by atoms with E-state index in [9.17, 15) is 61.0 Å². The Labute approximate surface area is 662 Å². The van der Waals surface area contributed by atoms with Crippen molar-refractivity contribution in [1.82, 2.24) is 5.32 Å². The number of hydrogen-bond donors (Lipinski definition) is 12. The molecule has 3 saturated heterocycles. The Balaban J connectivity index is 1.33. The zero-order valence-corrected chi connectivity index (χ0v) is 68.8. The quantitative estimate of drug-likeness (QED) is 0.0199. The maximum absolute atomic E-state index is 13.5. The van der Waals surface area contributed by atoms with Gasteiger partial charge in [-0.15, -0.1) is 0 Å². The van der Waals surface area contributed by atoms with Crippen molar-refractivity contribution in [2.45, 2.75) is 478 Å². The summed E-state index contributed by atoms with van der Waals surface area (Å²) in [6, 6.07) is -0.976. The molecule has 19 heteroatoms.